The number of hydrogen-bond acceptors (Lipinski definition) is 9. The van der Waals surface area contributed by atoms with Gasteiger partial charge in [0.2, 0.25) is 5.91 Å². The van der Waals surface area contributed by atoms with Gasteiger partial charge in [0.1, 0.15) is 11.5 Å². The highest BCUT2D eigenvalue weighted by molar-refractivity contribution is 8.00. The molecule has 3 rings (SSSR count). The summed E-state index contributed by atoms with van der Waals surface area (Å²) >= 11 is 1.75. The minimum atomic E-state index is -1.12. The first kappa shape index (κ1) is 31.6. The highest BCUT2D eigenvalue weighted by Crippen LogP contribution is 2.34. The molecule has 2 heterocycles. The highest BCUT2D eigenvalue weighted by atomic mass is 32.2. The lowest BCUT2D eigenvalue weighted by molar-refractivity contribution is -0.385. The van der Waals surface area contributed by atoms with Crippen molar-refractivity contribution >= 4 is 47.0 Å². The molecule has 1 aromatic rings. The molecule has 0 aliphatic carbocycles. The van der Waals surface area contributed by atoms with Crippen molar-refractivity contribution in [3.05, 3.63) is 33.4 Å². The van der Waals surface area contributed by atoms with Gasteiger partial charge in [-0.1, -0.05) is 0 Å². The molecule has 2 saturated heterocycles. The lowest BCUT2D eigenvalue weighted by atomic mass is 10.0. The summed E-state index contributed by atoms with van der Waals surface area (Å²) in [6, 6.07) is 1.93. The van der Waals surface area contributed by atoms with Crippen molar-refractivity contribution in [3.63, 3.8) is 0 Å². The first-order chi connectivity index (χ1) is 19.4. The summed E-state index contributed by atoms with van der Waals surface area (Å²) in [6.45, 7) is 3.09. The summed E-state index contributed by atoms with van der Waals surface area (Å²) in [5.74, 6) is -1.06. The number of carboxylic acid groups (broad SMARTS) is 1. The molecule has 4 unspecified atom stereocenters. The van der Waals surface area contributed by atoms with Crippen LogP contribution >= 0.6 is 11.8 Å². The average molecular weight is 594 g/mol. The summed E-state index contributed by atoms with van der Waals surface area (Å²) in [7, 11) is 0. The third kappa shape index (κ3) is 9.33. The number of aliphatic carboxylic acids is 1. The van der Waals surface area contributed by atoms with E-state index in [9.17, 15) is 34.1 Å². The minimum Gasteiger partial charge on any atom is -0.483 e. The molecule has 0 saturated carbocycles. The largest absolute Gasteiger partial charge is 0.483 e. The van der Waals surface area contributed by atoms with Gasteiger partial charge in [0.05, 0.1) is 41.1 Å². The van der Waals surface area contributed by atoms with E-state index < -0.39 is 28.7 Å². The van der Waals surface area contributed by atoms with Crippen LogP contribution in [-0.4, -0.2) is 75.9 Å². The Kier molecular flexibility index (Phi) is 11.3. The predicted octanol–water partition coefficient (Wildman–Crippen LogP) is 1.74. The van der Waals surface area contributed by atoms with Gasteiger partial charge in [-0.05, 0) is 38.3 Å². The number of hydrogen-bond donors (Lipinski definition) is 5. The second kappa shape index (κ2) is 14.7. The quantitative estimate of drug-likeness (QED) is 0.0812. The van der Waals surface area contributed by atoms with E-state index in [0.29, 0.717) is 31.2 Å². The number of urea groups is 1. The Morgan fingerprint density at radius 2 is 1.93 bits per heavy atom. The van der Waals surface area contributed by atoms with Crippen molar-refractivity contribution < 1.29 is 38.7 Å². The number of benzene rings is 1. The first-order valence-corrected chi connectivity index (χ1v) is 14.4. The molecule has 0 radical (unpaired) electrons. The summed E-state index contributed by atoms with van der Waals surface area (Å²) in [5, 5.41) is 31.6. The molecule has 2 aliphatic rings. The van der Waals surface area contributed by atoms with Crippen molar-refractivity contribution in [3.8, 4) is 5.75 Å². The topological polar surface area (TPSA) is 206 Å². The van der Waals surface area contributed by atoms with Gasteiger partial charge in [-0.15, -0.1) is 0 Å². The Labute approximate surface area is 240 Å². The summed E-state index contributed by atoms with van der Waals surface area (Å²) in [5.41, 5.74) is 0.414. The van der Waals surface area contributed by atoms with Gasteiger partial charge in [0.15, 0.2) is 6.61 Å². The number of carboxylic acids is 1. The second-order valence-corrected chi connectivity index (χ2v) is 11.3. The number of nitrogens with one attached hydrogen (secondary N) is 4. The number of carbonyl (C=O) groups excluding carboxylic acids is 4. The zero-order chi connectivity index (χ0) is 30.1. The van der Waals surface area contributed by atoms with E-state index in [-0.39, 0.29) is 72.1 Å². The van der Waals surface area contributed by atoms with E-state index in [1.807, 2.05) is 0 Å². The predicted molar refractivity (Wildman–Crippen MR) is 149 cm³/mol. The van der Waals surface area contributed by atoms with Gasteiger partial charge in [-0.25, -0.2) is 4.79 Å². The van der Waals surface area contributed by atoms with Gasteiger partial charge < -0.3 is 31.1 Å². The van der Waals surface area contributed by atoms with Crippen molar-refractivity contribution in [1.82, 2.24) is 21.3 Å². The molecule has 5 N–H and O–H groups in total. The maximum absolute atomic E-state index is 12.3. The van der Waals surface area contributed by atoms with E-state index in [2.05, 4.69) is 21.3 Å². The number of nitrogens with zero attached hydrogens (tertiary/aromatic N) is 1. The Morgan fingerprint density at radius 3 is 2.63 bits per heavy atom. The fraction of sp³-hybridized carbons (Fsp3) is 0.577. The molecular formula is C26H35N5O9S. The minimum absolute atomic E-state index is 0.0561. The fourth-order valence-electron chi connectivity index (χ4n) is 4.75. The number of ether oxygens (including phenoxy) is 1. The van der Waals surface area contributed by atoms with Crippen LogP contribution in [0.2, 0.25) is 0 Å². The van der Waals surface area contributed by atoms with Crippen molar-refractivity contribution in [2.24, 2.45) is 0 Å². The summed E-state index contributed by atoms with van der Waals surface area (Å²) < 4.78 is 5.51. The number of thioether (sulfide) groups is 1. The van der Waals surface area contributed by atoms with Crippen LogP contribution in [-0.2, 0) is 19.2 Å². The molecule has 2 fully saturated rings. The van der Waals surface area contributed by atoms with Crippen LogP contribution in [0.25, 0.3) is 0 Å². The second-order valence-electron chi connectivity index (χ2n) is 10.1. The van der Waals surface area contributed by atoms with Crippen molar-refractivity contribution in [1.29, 1.82) is 0 Å². The third-order valence-corrected chi connectivity index (χ3v) is 8.40. The molecular weight excluding hydrogens is 558 g/mol. The molecule has 0 aromatic heterocycles. The number of fused-ring (bicyclic) bond motifs is 1. The van der Waals surface area contributed by atoms with E-state index >= 15 is 0 Å². The van der Waals surface area contributed by atoms with Crippen LogP contribution in [0.4, 0.5) is 10.5 Å². The van der Waals surface area contributed by atoms with Crippen LogP contribution in [0.1, 0.15) is 62.6 Å². The number of Topliss-reactive ketones (excluding diaryl/α,β-unsaturated/α-hetero) is 1. The van der Waals surface area contributed by atoms with Gasteiger partial charge in [0.25, 0.3) is 11.6 Å². The van der Waals surface area contributed by atoms with Crippen LogP contribution in [0.5, 0.6) is 5.75 Å². The van der Waals surface area contributed by atoms with E-state index in [0.717, 1.165) is 5.75 Å². The molecule has 41 heavy (non-hydrogen) atoms. The SMILES string of the molecule is Cc1cc(C(C)NC(=O)CCC(=O)O)c([N+](=O)[O-])cc1OCC(=O)NCCCC(=O)CCC1SCC2NC(=O)NC21. The maximum atomic E-state index is 12.3. The van der Waals surface area contributed by atoms with Crippen molar-refractivity contribution in [2.75, 3.05) is 18.9 Å². The highest BCUT2D eigenvalue weighted by Gasteiger charge is 2.42. The Bertz CT molecular complexity index is 1190. The number of aryl methyl sites for hydroxylation is 1. The number of nitro groups is 1. The third-order valence-electron chi connectivity index (χ3n) is 6.89. The zero-order valence-electron chi connectivity index (χ0n) is 22.9. The molecule has 15 heteroatoms. The van der Waals surface area contributed by atoms with Crippen molar-refractivity contribution in [2.45, 2.75) is 75.7 Å². The van der Waals surface area contributed by atoms with Gasteiger partial charge in [0, 0.05) is 36.8 Å². The standard InChI is InChI=1S/C26H35N5O9S/c1-14-10-17(15(2)28-22(33)7-8-24(35)36)19(31(38)39)11-20(14)40-12-23(34)27-9-3-4-16(32)5-6-21-25-18(13-41-21)29-26(37)30-25/h10-11,15,18,21,25H,3-9,12-13H2,1-2H3,(H,27,34)(H,28,33)(H,35,36)(H2,29,30,37). The number of amides is 4. The molecule has 2 aliphatic heterocycles. The van der Waals surface area contributed by atoms with Gasteiger partial charge in [-0.2, -0.15) is 11.8 Å². The molecule has 224 valence electrons. The van der Waals surface area contributed by atoms with Gasteiger partial charge >= 0.3 is 12.0 Å². The van der Waals surface area contributed by atoms with Crippen LogP contribution in [0, 0.1) is 17.0 Å². The zero-order valence-corrected chi connectivity index (χ0v) is 23.7. The smallest absolute Gasteiger partial charge is 0.315 e. The van der Waals surface area contributed by atoms with E-state index in [1.54, 1.807) is 25.6 Å². The monoisotopic (exact) mass is 593 g/mol. The Hall–Kier alpha value is -3.88. The molecule has 0 bridgehead atoms. The number of rotatable bonds is 16. The number of ketones is 1. The van der Waals surface area contributed by atoms with Crippen LogP contribution in [0.3, 0.4) is 0 Å². The number of nitro benzene ring substituents is 1. The fourth-order valence-corrected chi connectivity index (χ4v) is 6.25. The van der Waals surface area contributed by atoms with Crippen LogP contribution in [0.15, 0.2) is 12.1 Å². The molecule has 14 nitrogen and oxygen atoms in total. The summed E-state index contributed by atoms with van der Waals surface area (Å²) in [4.78, 5) is 69.7. The lowest BCUT2D eigenvalue weighted by Gasteiger charge is -2.17. The number of carbonyl (C=O) groups is 5. The van der Waals surface area contributed by atoms with Crippen LogP contribution < -0.4 is 26.0 Å². The maximum Gasteiger partial charge on any atom is 0.315 e. The molecule has 4 atom stereocenters. The lowest BCUT2D eigenvalue weighted by Crippen LogP contribution is -2.37. The normalized spacial score (nSPS) is 19.9. The first-order valence-electron chi connectivity index (χ1n) is 13.3. The van der Waals surface area contributed by atoms with E-state index in [4.69, 9.17) is 9.84 Å². The van der Waals surface area contributed by atoms with Gasteiger partial charge in [-0.3, -0.25) is 29.3 Å². The van der Waals surface area contributed by atoms with E-state index in [1.165, 1.54) is 12.1 Å². The average Bonchev–Trinajstić information content (AvgIpc) is 3.46. The molecule has 1 aromatic carbocycles. The molecule has 0 spiro atoms. The Morgan fingerprint density at radius 1 is 1.17 bits per heavy atom. The molecule has 4 amide bonds. The Balaban J connectivity index is 1.40. The summed E-state index contributed by atoms with van der Waals surface area (Å²) in [6.07, 6.45) is 1.26.